The lowest BCUT2D eigenvalue weighted by Crippen LogP contribution is -2.30. The largest absolute Gasteiger partial charge is 0.495 e. The van der Waals surface area contributed by atoms with E-state index >= 15 is 0 Å². The minimum absolute atomic E-state index is 0.199. The predicted octanol–water partition coefficient (Wildman–Crippen LogP) is 3.97. The van der Waals surface area contributed by atoms with Gasteiger partial charge in [-0.15, -0.1) is 0 Å². The van der Waals surface area contributed by atoms with Gasteiger partial charge < -0.3 is 24.3 Å². The van der Waals surface area contributed by atoms with Crippen molar-refractivity contribution in [1.82, 2.24) is 0 Å². The number of anilines is 1. The van der Waals surface area contributed by atoms with E-state index in [2.05, 4.69) is 21.2 Å². The van der Waals surface area contributed by atoms with Crippen molar-refractivity contribution >= 4 is 33.5 Å². The Balaban J connectivity index is 2.14. The molecule has 8 heteroatoms. The van der Waals surface area contributed by atoms with Gasteiger partial charge in [0.05, 0.1) is 32.6 Å². The number of halogens is 1. The van der Waals surface area contributed by atoms with Crippen molar-refractivity contribution in [1.29, 1.82) is 0 Å². The first-order valence-corrected chi connectivity index (χ1v) is 9.18. The van der Waals surface area contributed by atoms with Crippen LogP contribution in [0.3, 0.4) is 0 Å². The summed E-state index contributed by atoms with van der Waals surface area (Å²) in [6.45, 7) is 3.38. The molecule has 0 heterocycles. The lowest BCUT2D eigenvalue weighted by Gasteiger charge is -2.16. The standard InChI is InChI=1S/C20H22BrNO6/c1-11-6-7-15(25-3)14(8-11)22-19(23)12(2)28-20(24)13-9-16(26-4)18(21)17(10-13)27-5/h6-10,12H,1-5H3,(H,22,23). The van der Waals surface area contributed by atoms with Gasteiger partial charge in [-0.05, 0) is 59.6 Å². The Hall–Kier alpha value is -2.74. The number of rotatable bonds is 7. The molecule has 0 bridgehead atoms. The van der Waals surface area contributed by atoms with Crippen LogP contribution in [0.2, 0.25) is 0 Å². The van der Waals surface area contributed by atoms with Gasteiger partial charge in [0.15, 0.2) is 6.10 Å². The van der Waals surface area contributed by atoms with Gasteiger partial charge >= 0.3 is 5.97 Å². The second-order valence-corrected chi connectivity index (χ2v) is 6.73. The van der Waals surface area contributed by atoms with Crippen LogP contribution in [0, 0.1) is 6.92 Å². The van der Waals surface area contributed by atoms with E-state index in [0.29, 0.717) is 27.4 Å². The molecule has 2 rings (SSSR count). The Morgan fingerprint density at radius 1 is 0.964 bits per heavy atom. The van der Waals surface area contributed by atoms with Crippen LogP contribution < -0.4 is 19.5 Å². The molecule has 0 aliphatic carbocycles. The summed E-state index contributed by atoms with van der Waals surface area (Å²) in [6, 6.07) is 8.40. The SMILES string of the molecule is COc1ccc(C)cc1NC(=O)C(C)OC(=O)c1cc(OC)c(Br)c(OC)c1. The van der Waals surface area contributed by atoms with E-state index in [1.807, 2.05) is 13.0 Å². The minimum atomic E-state index is -1.03. The highest BCUT2D eigenvalue weighted by Gasteiger charge is 2.22. The Morgan fingerprint density at radius 3 is 2.07 bits per heavy atom. The molecule has 0 fully saturated rings. The highest BCUT2D eigenvalue weighted by Crippen LogP contribution is 2.36. The average molecular weight is 452 g/mol. The molecular weight excluding hydrogens is 430 g/mol. The third-order valence-corrected chi connectivity index (χ3v) is 4.73. The number of amides is 1. The molecule has 1 unspecified atom stereocenters. The maximum absolute atomic E-state index is 12.5. The molecule has 2 aromatic rings. The van der Waals surface area contributed by atoms with Crippen molar-refractivity contribution in [2.24, 2.45) is 0 Å². The summed E-state index contributed by atoms with van der Waals surface area (Å²) in [7, 11) is 4.46. The van der Waals surface area contributed by atoms with Gasteiger partial charge in [0.25, 0.3) is 5.91 Å². The zero-order valence-corrected chi connectivity index (χ0v) is 17.9. The molecule has 1 atom stereocenters. The van der Waals surface area contributed by atoms with Crippen LogP contribution in [-0.2, 0) is 9.53 Å². The highest BCUT2D eigenvalue weighted by atomic mass is 79.9. The maximum Gasteiger partial charge on any atom is 0.339 e. The quantitative estimate of drug-likeness (QED) is 0.641. The Bertz CT molecular complexity index is 858. The molecule has 0 radical (unpaired) electrons. The molecule has 1 N–H and O–H groups in total. The summed E-state index contributed by atoms with van der Waals surface area (Å²) >= 11 is 3.34. The highest BCUT2D eigenvalue weighted by molar-refractivity contribution is 9.10. The molecule has 0 saturated heterocycles. The van der Waals surface area contributed by atoms with E-state index in [0.717, 1.165) is 5.56 Å². The number of aryl methyl sites for hydroxylation is 1. The number of benzene rings is 2. The fraction of sp³-hybridized carbons (Fsp3) is 0.300. The van der Waals surface area contributed by atoms with Gasteiger partial charge in [0.2, 0.25) is 0 Å². The molecule has 1 amide bonds. The summed E-state index contributed by atoms with van der Waals surface area (Å²) in [5, 5.41) is 2.72. The van der Waals surface area contributed by atoms with Crippen molar-refractivity contribution in [3.05, 3.63) is 45.9 Å². The number of esters is 1. The molecule has 0 aliphatic rings. The van der Waals surface area contributed by atoms with Gasteiger partial charge in [-0.25, -0.2) is 4.79 Å². The first-order chi connectivity index (χ1) is 13.3. The van der Waals surface area contributed by atoms with E-state index in [9.17, 15) is 9.59 Å². The maximum atomic E-state index is 12.5. The number of carbonyl (C=O) groups is 2. The van der Waals surface area contributed by atoms with Gasteiger partial charge in [0, 0.05) is 0 Å². The van der Waals surface area contributed by atoms with Crippen molar-refractivity contribution in [2.45, 2.75) is 20.0 Å². The first kappa shape index (κ1) is 21.6. The van der Waals surface area contributed by atoms with E-state index in [1.165, 1.54) is 40.4 Å². The fourth-order valence-electron chi connectivity index (χ4n) is 2.42. The summed E-state index contributed by atoms with van der Waals surface area (Å²) in [6.07, 6.45) is -1.03. The smallest absolute Gasteiger partial charge is 0.339 e. The molecule has 7 nitrogen and oxygen atoms in total. The molecular formula is C20H22BrNO6. The molecule has 0 spiro atoms. The Morgan fingerprint density at radius 2 is 1.54 bits per heavy atom. The summed E-state index contributed by atoms with van der Waals surface area (Å²) in [5.74, 6) is 0.178. The lowest BCUT2D eigenvalue weighted by molar-refractivity contribution is -0.123. The average Bonchev–Trinajstić information content (AvgIpc) is 2.68. The monoisotopic (exact) mass is 451 g/mol. The predicted molar refractivity (Wildman–Crippen MR) is 108 cm³/mol. The number of hydrogen-bond donors (Lipinski definition) is 1. The van der Waals surface area contributed by atoms with Crippen LogP contribution in [0.1, 0.15) is 22.8 Å². The van der Waals surface area contributed by atoms with Crippen LogP contribution in [0.25, 0.3) is 0 Å². The zero-order valence-electron chi connectivity index (χ0n) is 16.3. The zero-order chi connectivity index (χ0) is 20.8. The fourth-order valence-corrected chi connectivity index (χ4v) is 2.98. The number of ether oxygens (including phenoxy) is 4. The molecule has 0 aromatic heterocycles. The second kappa shape index (κ2) is 9.45. The number of methoxy groups -OCH3 is 3. The van der Waals surface area contributed by atoms with Crippen LogP contribution in [-0.4, -0.2) is 39.3 Å². The summed E-state index contributed by atoms with van der Waals surface area (Å²) in [4.78, 5) is 24.9. The third-order valence-electron chi connectivity index (χ3n) is 3.95. The minimum Gasteiger partial charge on any atom is -0.495 e. The van der Waals surface area contributed by atoms with Crippen LogP contribution in [0.15, 0.2) is 34.8 Å². The van der Waals surface area contributed by atoms with E-state index in [4.69, 9.17) is 18.9 Å². The number of nitrogens with one attached hydrogen (secondary N) is 1. The first-order valence-electron chi connectivity index (χ1n) is 8.38. The Kier molecular flexibility index (Phi) is 7.28. The summed E-state index contributed by atoms with van der Waals surface area (Å²) in [5.41, 5.74) is 1.65. The van der Waals surface area contributed by atoms with Crippen molar-refractivity contribution < 1.29 is 28.5 Å². The van der Waals surface area contributed by atoms with Crippen molar-refractivity contribution in [3.63, 3.8) is 0 Å². The molecule has 28 heavy (non-hydrogen) atoms. The van der Waals surface area contributed by atoms with Crippen molar-refractivity contribution in [2.75, 3.05) is 26.6 Å². The topological polar surface area (TPSA) is 83.1 Å². The van der Waals surface area contributed by atoms with Gasteiger partial charge in [-0.2, -0.15) is 0 Å². The second-order valence-electron chi connectivity index (χ2n) is 5.94. The van der Waals surface area contributed by atoms with Gasteiger partial charge in [-0.3, -0.25) is 4.79 Å². The lowest BCUT2D eigenvalue weighted by atomic mass is 10.2. The molecule has 2 aromatic carbocycles. The Labute approximate surface area is 172 Å². The van der Waals surface area contributed by atoms with Crippen LogP contribution >= 0.6 is 15.9 Å². The van der Waals surface area contributed by atoms with Crippen LogP contribution in [0.5, 0.6) is 17.2 Å². The third kappa shape index (κ3) is 4.95. The van der Waals surface area contributed by atoms with Gasteiger partial charge in [0.1, 0.15) is 21.7 Å². The molecule has 150 valence electrons. The number of carbonyl (C=O) groups excluding carboxylic acids is 2. The summed E-state index contributed by atoms with van der Waals surface area (Å²) < 4.78 is 21.5. The van der Waals surface area contributed by atoms with Crippen LogP contribution in [0.4, 0.5) is 5.69 Å². The molecule has 0 saturated carbocycles. The normalized spacial score (nSPS) is 11.4. The van der Waals surface area contributed by atoms with Crippen molar-refractivity contribution in [3.8, 4) is 17.2 Å². The molecule has 0 aliphatic heterocycles. The van der Waals surface area contributed by atoms with E-state index in [-0.39, 0.29) is 5.56 Å². The van der Waals surface area contributed by atoms with E-state index < -0.39 is 18.0 Å². The van der Waals surface area contributed by atoms with E-state index in [1.54, 1.807) is 12.1 Å². The van der Waals surface area contributed by atoms with Gasteiger partial charge in [-0.1, -0.05) is 6.07 Å². The number of hydrogen-bond acceptors (Lipinski definition) is 6.